The summed E-state index contributed by atoms with van der Waals surface area (Å²) in [5.74, 6) is -2.59. The van der Waals surface area contributed by atoms with E-state index < -0.39 is 29.2 Å². The number of anilines is 3. The predicted octanol–water partition coefficient (Wildman–Crippen LogP) is -1.17. The minimum atomic E-state index is -1.51. The summed E-state index contributed by atoms with van der Waals surface area (Å²) in [7, 11) is 1.26. The highest BCUT2D eigenvalue weighted by Crippen LogP contribution is 2.40. The average molecular weight is 589 g/mol. The largest absolute Gasteiger partial charge is 0.543 e. The maximum Gasteiger partial charge on any atom is 0.276 e. The molecule has 0 radical (unpaired) electrons. The van der Waals surface area contributed by atoms with Crippen LogP contribution in [-0.2, 0) is 30.6 Å². The van der Waals surface area contributed by atoms with E-state index >= 15 is 0 Å². The predicted molar refractivity (Wildman–Crippen MR) is 143 cm³/mol. The van der Waals surface area contributed by atoms with Crippen molar-refractivity contribution in [2.45, 2.75) is 18.0 Å². The number of thiazole rings is 1. The summed E-state index contributed by atoms with van der Waals surface area (Å²) >= 11 is 3.76. The van der Waals surface area contributed by atoms with Gasteiger partial charge in [-0.15, -0.1) is 23.1 Å². The van der Waals surface area contributed by atoms with E-state index in [2.05, 4.69) is 20.8 Å². The van der Waals surface area contributed by atoms with Crippen LogP contribution in [0.5, 0.6) is 0 Å². The monoisotopic (exact) mass is 588 g/mol. The third-order valence-electron chi connectivity index (χ3n) is 5.95. The van der Waals surface area contributed by atoms with Crippen molar-refractivity contribution >= 4 is 91.1 Å². The minimum Gasteiger partial charge on any atom is -0.543 e. The van der Waals surface area contributed by atoms with Crippen LogP contribution >= 0.6 is 34.4 Å². The Kier molecular flexibility index (Phi) is 7.11. The quantitative estimate of drug-likeness (QED) is 0.0774. The molecule has 1 fully saturated rings. The summed E-state index contributed by atoms with van der Waals surface area (Å²) < 4.78 is 1.76. The van der Waals surface area contributed by atoms with Crippen molar-refractivity contribution in [3.63, 3.8) is 0 Å². The van der Waals surface area contributed by atoms with Crippen LogP contribution in [0.25, 0.3) is 10.2 Å². The molecule has 3 aromatic heterocycles. The molecular weight excluding hydrogens is 568 g/mol. The number of rotatable bonds is 9. The van der Waals surface area contributed by atoms with E-state index in [-0.39, 0.29) is 34.5 Å². The van der Waals surface area contributed by atoms with Gasteiger partial charge >= 0.3 is 0 Å². The first-order valence-corrected chi connectivity index (χ1v) is 14.0. The molecule has 14 nitrogen and oxygen atoms in total. The molecule has 2 aliphatic heterocycles. The fourth-order valence-corrected chi connectivity index (χ4v) is 7.21. The highest BCUT2D eigenvalue weighted by molar-refractivity contribution is 8.00. The highest BCUT2D eigenvalue weighted by Gasteiger charge is 2.53. The molecule has 2 atom stereocenters. The van der Waals surface area contributed by atoms with E-state index in [1.807, 2.05) is 0 Å². The van der Waals surface area contributed by atoms with Crippen molar-refractivity contribution in [1.82, 2.24) is 15.2 Å². The summed E-state index contributed by atoms with van der Waals surface area (Å²) in [4.78, 5) is 59.9. The van der Waals surface area contributed by atoms with Crippen molar-refractivity contribution in [3.05, 3.63) is 40.0 Å². The number of carbonyl (C=O) groups is 4. The number of thiophene rings is 1. The Balaban J connectivity index is 1.40. The number of oxime groups is 1. The number of carbonyl (C=O) groups excluding carboxylic acids is 4. The Morgan fingerprint density at radius 1 is 1.36 bits per heavy atom. The second-order valence-corrected chi connectivity index (χ2v) is 11.2. The number of amides is 3. The zero-order valence-corrected chi connectivity index (χ0v) is 22.5. The molecule has 39 heavy (non-hydrogen) atoms. The van der Waals surface area contributed by atoms with Gasteiger partial charge in [-0.25, -0.2) is 4.98 Å². The fraction of sp³-hybridized carbons (Fsp3) is 0.227. The summed E-state index contributed by atoms with van der Waals surface area (Å²) in [6.45, 7) is 0.113. The molecule has 3 amide bonds. The summed E-state index contributed by atoms with van der Waals surface area (Å²) in [6.07, 6.45) is 2.22. The van der Waals surface area contributed by atoms with Crippen LogP contribution in [0.4, 0.5) is 16.5 Å². The second-order valence-electron chi connectivity index (χ2n) is 8.33. The SMILES string of the molecule is CO/N=C(\C(=O)NC1C(=O)N2C(C(=O)[O-])=C(C[n+]3cc(N)cc4c(NC=O)csc43)CS[C@H]12)c1csc(N)n1. The standard InChI is InChI=1S/C22H20N8O6S3/c1-36-28-14(13-7-39-22(24)26-13)17(32)27-15-18(33)30-16(21(34)35)9(5-37-20(15)30)3-29-4-10(23)2-11-12(25-8-31)6-38-19(11)29/h2,4,6-8,15,20H,3,5,23H2,1H3,(H4-,24,25,26,27,31,32,34,35)/b28-14-/t15?,20-/m1/s1. The van der Waals surface area contributed by atoms with E-state index in [4.69, 9.17) is 16.3 Å². The fourth-order valence-electron chi connectivity index (χ4n) is 4.35. The van der Waals surface area contributed by atoms with Gasteiger partial charge in [0.2, 0.25) is 6.41 Å². The lowest BCUT2D eigenvalue weighted by atomic mass is 10.0. The van der Waals surface area contributed by atoms with Gasteiger partial charge in [-0.2, -0.15) is 4.57 Å². The molecule has 0 aromatic carbocycles. The minimum absolute atomic E-state index is 0.113. The van der Waals surface area contributed by atoms with Crippen LogP contribution in [0, 0.1) is 0 Å². The number of aromatic nitrogens is 2. The van der Waals surface area contributed by atoms with Gasteiger partial charge < -0.3 is 36.8 Å². The van der Waals surface area contributed by atoms with Gasteiger partial charge in [0.25, 0.3) is 16.6 Å². The van der Waals surface area contributed by atoms with E-state index in [0.717, 1.165) is 21.1 Å². The lowest BCUT2D eigenvalue weighted by molar-refractivity contribution is -0.660. The molecular formula is C22H20N8O6S3. The number of fused-ring (bicyclic) bond motifs is 2. The van der Waals surface area contributed by atoms with Gasteiger partial charge in [-0.1, -0.05) is 16.5 Å². The van der Waals surface area contributed by atoms with Crippen LogP contribution in [0.15, 0.2) is 39.4 Å². The molecule has 1 saturated heterocycles. The number of nitrogens with zero attached hydrogens (tertiary/aromatic N) is 4. The topological polar surface area (TPSA) is 209 Å². The third-order valence-corrected chi connectivity index (χ3v) is 9.00. The van der Waals surface area contributed by atoms with Crippen molar-refractivity contribution in [3.8, 4) is 0 Å². The van der Waals surface area contributed by atoms with Crippen LogP contribution in [0.1, 0.15) is 5.69 Å². The normalized spacial score (nSPS) is 18.9. The van der Waals surface area contributed by atoms with Gasteiger partial charge in [-0.3, -0.25) is 19.3 Å². The summed E-state index contributed by atoms with van der Waals surface area (Å²) in [5, 5.41) is 24.7. The van der Waals surface area contributed by atoms with E-state index in [9.17, 15) is 24.3 Å². The summed E-state index contributed by atoms with van der Waals surface area (Å²) in [6, 6.07) is 0.707. The first-order valence-electron chi connectivity index (χ1n) is 11.1. The van der Waals surface area contributed by atoms with Gasteiger partial charge in [0, 0.05) is 22.1 Å². The Morgan fingerprint density at radius 2 is 2.15 bits per heavy atom. The van der Waals surface area contributed by atoms with E-state index in [1.54, 1.807) is 22.2 Å². The number of hydrogen-bond acceptors (Lipinski definition) is 13. The maximum atomic E-state index is 13.1. The van der Waals surface area contributed by atoms with E-state index in [1.165, 1.54) is 35.6 Å². The number of thioether (sulfide) groups is 1. The Bertz CT molecular complexity index is 1580. The second kappa shape index (κ2) is 10.5. The third kappa shape index (κ3) is 4.75. The van der Waals surface area contributed by atoms with Gasteiger partial charge in [0.05, 0.1) is 28.4 Å². The number of β-lactam (4-membered cyclic amide) rings is 1. The zero-order chi connectivity index (χ0) is 27.8. The number of pyridine rings is 1. The van der Waals surface area contributed by atoms with E-state index in [0.29, 0.717) is 28.7 Å². The molecule has 5 heterocycles. The molecule has 0 saturated carbocycles. The number of carboxylic acids is 1. The molecule has 0 spiro atoms. The number of nitrogens with one attached hydrogen (secondary N) is 2. The molecule has 0 aliphatic carbocycles. The molecule has 17 heteroatoms. The highest BCUT2D eigenvalue weighted by atomic mass is 32.2. The van der Waals surface area contributed by atoms with Crippen LogP contribution in [-0.4, -0.2) is 64.1 Å². The summed E-state index contributed by atoms with van der Waals surface area (Å²) in [5.41, 5.74) is 12.9. The van der Waals surface area contributed by atoms with Gasteiger partial charge in [-0.05, 0) is 6.07 Å². The lowest BCUT2D eigenvalue weighted by Gasteiger charge is -2.50. The van der Waals surface area contributed by atoms with Gasteiger partial charge in [0.1, 0.15) is 24.2 Å². The number of carboxylic acid groups (broad SMARTS) is 1. The van der Waals surface area contributed by atoms with Crippen LogP contribution in [0.3, 0.4) is 0 Å². The number of nitrogens with two attached hydrogens (primary N) is 2. The van der Waals surface area contributed by atoms with Crippen molar-refractivity contribution in [2.24, 2.45) is 5.16 Å². The first-order chi connectivity index (χ1) is 18.7. The number of nitrogen functional groups attached to an aromatic ring is 2. The Labute approximate surface area is 232 Å². The molecule has 1 unspecified atom stereocenters. The maximum absolute atomic E-state index is 13.1. The van der Waals surface area contributed by atoms with Crippen LogP contribution < -0.4 is 31.8 Å². The van der Waals surface area contributed by atoms with Crippen LogP contribution in [0.2, 0.25) is 0 Å². The Hall–Kier alpha value is -4.22. The van der Waals surface area contributed by atoms with Gasteiger partial charge in [0.15, 0.2) is 23.6 Å². The molecule has 3 aromatic rings. The molecule has 2 aliphatic rings. The van der Waals surface area contributed by atoms with Crippen molar-refractivity contribution in [2.75, 3.05) is 29.6 Å². The lowest BCUT2D eigenvalue weighted by Crippen LogP contribution is -2.71. The Morgan fingerprint density at radius 3 is 2.82 bits per heavy atom. The number of aliphatic carboxylic acids is 1. The molecule has 202 valence electrons. The first kappa shape index (κ1) is 26.4. The molecule has 0 bridgehead atoms. The molecule has 5 rings (SSSR count). The van der Waals surface area contributed by atoms with Crippen molar-refractivity contribution in [1.29, 1.82) is 0 Å². The smallest absolute Gasteiger partial charge is 0.276 e. The number of hydrogen-bond donors (Lipinski definition) is 4. The zero-order valence-electron chi connectivity index (χ0n) is 20.1. The molecule has 6 N–H and O–H groups in total. The van der Waals surface area contributed by atoms with Crippen molar-refractivity contribution < 1.29 is 33.7 Å². The average Bonchev–Trinajstić information content (AvgIpc) is 3.51.